The van der Waals surface area contributed by atoms with Crippen LogP contribution in [0.2, 0.25) is 0 Å². The molecule has 1 N–H and O–H groups in total. The van der Waals surface area contributed by atoms with Gasteiger partial charge in [-0.1, -0.05) is 24.3 Å². The molecule has 1 fully saturated rings. The second-order valence-corrected chi connectivity index (χ2v) is 6.32. The van der Waals surface area contributed by atoms with Gasteiger partial charge < -0.3 is 19.7 Å². The Morgan fingerprint density at radius 1 is 1.07 bits per heavy atom. The molecule has 0 aromatic heterocycles. The van der Waals surface area contributed by atoms with Crippen molar-refractivity contribution >= 4 is 23.1 Å². The number of hydrogen-bond acceptors (Lipinski definition) is 5. The fraction of sp³-hybridized carbons (Fsp3) is 0.333. The monoisotopic (exact) mass is 368 g/mol. The fourth-order valence-corrected chi connectivity index (χ4v) is 3.04. The molecule has 0 atom stereocenters. The molecule has 6 nitrogen and oxygen atoms in total. The lowest BCUT2D eigenvalue weighted by Gasteiger charge is -2.30. The van der Waals surface area contributed by atoms with Gasteiger partial charge in [-0.15, -0.1) is 0 Å². The van der Waals surface area contributed by atoms with E-state index >= 15 is 0 Å². The van der Waals surface area contributed by atoms with Gasteiger partial charge in [-0.2, -0.15) is 0 Å². The number of nitrogens with zero attached hydrogens (tertiary/aromatic N) is 1. The summed E-state index contributed by atoms with van der Waals surface area (Å²) in [5.74, 6) is 0.377. The fourth-order valence-electron chi connectivity index (χ4n) is 3.04. The highest BCUT2D eigenvalue weighted by atomic mass is 16.5. The molecule has 1 saturated heterocycles. The smallest absolute Gasteiger partial charge is 0.224 e. The first-order valence-electron chi connectivity index (χ1n) is 9.06. The number of carbonyl (C=O) groups excluding carboxylic acids is 2. The van der Waals surface area contributed by atoms with Gasteiger partial charge in [0.25, 0.3) is 0 Å². The van der Waals surface area contributed by atoms with Gasteiger partial charge in [0.15, 0.2) is 5.78 Å². The van der Waals surface area contributed by atoms with Crippen LogP contribution in [-0.4, -0.2) is 45.1 Å². The third-order valence-corrected chi connectivity index (χ3v) is 4.50. The third-order valence-electron chi connectivity index (χ3n) is 4.50. The van der Waals surface area contributed by atoms with Crippen LogP contribution in [0.1, 0.15) is 23.2 Å². The van der Waals surface area contributed by atoms with Crippen molar-refractivity contribution in [3.63, 3.8) is 0 Å². The second kappa shape index (κ2) is 9.19. The van der Waals surface area contributed by atoms with Crippen molar-refractivity contribution in [2.75, 3.05) is 43.6 Å². The van der Waals surface area contributed by atoms with Crippen LogP contribution < -0.4 is 15.0 Å². The number of methoxy groups -OCH3 is 1. The van der Waals surface area contributed by atoms with E-state index in [1.54, 1.807) is 31.4 Å². The number of nitrogens with one attached hydrogen (secondary N) is 1. The van der Waals surface area contributed by atoms with Crippen molar-refractivity contribution in [1.29, 1.82) is 0 Å². The summed E-state index contributed by atoms with van der Waals surface area (Å²) in [5.41, 5.74) is 2.29. The van der Waals surface area contributed by atoms with Gasteiger partial charge >= 0.3 is 0 Å². The molecule has 0 unspecified atom stereocenters. The van der Waals surface area contributed by atoms with Crippen molar-refractivity contribution in [3.05, 3.63) is 54.1 Å². The topological polar surface area (TPSA) is 67.9 Å². The normalized spacial score (nSPS) is 13.9. The molecule has 142 valence electrons. The van der Waals surface area contributed by atoms with E-state index in [0.29, 0.717) is 24.5 Å². The van der Waals surface area contributed by atoms with Crippen LogP contribution in [-0.2, 0) is 9.53 Å². The molecule has 0 aliphatic carbocycles. The Balaban J connectivity index is 1.58. The predicted octanol–water partition coefficient (Wildman–Crippen LogP) is 3.13. The molecular weight excluding hydrogens is 344 g/mol. The lowest BCUT2D eigenvalue weighted by molar-refractivity contribution is -0.116. The summed E-state index contributed by atoms with van der Waals surface area (Å²) in [6.45, 7) is 2.94. The van der Waals surface area contributed by atoms with Gasteiger partial charge in [-0.05, 0) is 24.3 Å². The molecule has 0 bridgehead atoms. The number of carbonyl (C=O) groups is 2. The quantitative estimate of drug-likeness (QED) is 0.761. The zero-order valence-electron chi connectivity index (χ0n) is 15.4. The molecule has 6 heteroatoms. The Labute approximate surface area is 159 Å². The molecule has 1 aliphatic heterocycles. The first-order chi connectivity index (χ1) is 13.2. The Kier molecular flexibility index (Phi) is 6.44. The Hall–Kier alpha value is -2.86. The number of ketones is 1. The SMILES string of the molecule is COc1cccc(C(=O)CCC(=O)Nc2ccccc2N2CCOCC2)c1. The van der Waals surface area contributed by atoms with Gasteiger partial charge in [0.2, 0.25) is 5.91 Å². The van der Waals surface area contributed by atoms with E-state index in [1.165, 1.54) is 0 Å². The minimum absolute atomic E-state index is 0.0782. The molecule has 0 saturated carbocycles. The van der Waals surface area contributed by atoms with Crippen LogP contribution >= 0.6 is 0 Å². The average molecular weight is 368 g/mol. The van der Waals surface area contributed by atoms with Crippen LogP contribution in [0.15, 0.2) is 48.5 Å². The number of ether oxygens (including phenoxy) is 2. The Bertz CT molecular complexity index is 800. The van der Waals surface area contributed by atoms with Crippen LogP contribution in [0.4, 0.5) is 11.4 Å². The van der Waals surface area contributed by atoms with Gasteiger partial charge in [0.05, 0.1) is 31.7 Å². The van der Waals surface area contributed by atoms with Gasteiger partial charge in [-0.3, -0.25) is 9.59 Å². The first kappa shape index (κ1) is 18.9. The number of anilines is 2. The summed E-state index contributed by atoms with van der Waals surface area (Å²) in [7, 11) is 1.56. The molecule has 3 rings (SSSR count). The number of Topliss-reactive ketones (excluding diaryl/α,β-unsaturated/α-hetero) is 1. The molecule has 2 aromatic carbocycles. The van der Waals surface area contributed by atoms with Crippen LogP contribution in [0.3, 0.4) is 0 Å². The van der Waals surface area contributed by atoms with Crippen LogP contribution in [0, 0.1) is 0 Å². The summed E-state index contributed by atoms with van der Waals surface area (Å²) < 4.78 is 10.5. The van der Waals surface area contributed by atoms with E-state index in [4.69, 9.17) is 9.47 Å². The second-order valence-electron chi connectivity index (χ2n) is 6.32. The molecule has 1 amide bonds. The van der Waals surface area contributed by atoms with Gasteiger partial charge in [0.1, 0.15) is 5.75 Å². The summed E-state index contributed by atoms with van der Waals surface area (Å²) in [6.07, 6.45) is 0.284. The minimum Gasteiger partial charge on any atom is -0.497 e. The highest BCUT2D eigenvalue weighted by molar-refractivity contribution is 6.01. The van der Waals surface area contributed by atoms with Crippen molar-refractivity contribution < 1.29 is 19.1 Å². The van der Waals surface area contributed by atoms with E-state index < -0.39 is 0 Å². The third kappa shape index (κ3) is 5.08. The minimum atomic E-state index is -0.174. The zero-order valence-corrected chi connectivity index (χ0v) is 15.4. The Morgan fingerprint density at radius 3 is 2.63 bits per heavy atom. The summed E-state index contributed by atoms with van der Waals surface area (Å²) >= 11 is 0. The lowest BCUT2D eigenvalue weighted by atomic mass is 10.1. The van der Waals surface area contributed by atoms with Gasteiger partial charge in [0, 0.05) is 31.5 Å². The lowest BCUT2D eigenvalue weighted by Crippen LogP contribution is -2.36. The molecule has 1 aliphatic rings. The molecular formula is C21H24N2O4. The van der Waals surface area contributed by atoms with E-state index in [9.17, 15) is 9.59 Å². The summed E-state index contributed by atoms with van der Waals surface area (Å²) in [6, 6.07) is 14.7. The maximum absolute atomic E-state index is 12.4. The maximum Gasteiger partial charge on any atom is 0.224 e. The highest BCUT2D eigenvalue weighted by Gasteiger charge is 2.16. The van der Waals surface area contributed by atoms with Gasteiger partial charge in [-0.25, -0.2) is 0 Å². The zero-order chi connectivity index (χ0) is 19.1. The number of para-hydroxylation sites is 2. The van der Waals surface area contributed by atoms with Crippen molar-refractivity contribution in [1.82, 2.24) is 0 Å². The standard InChI is InChI=1S/C21H24N2O4/c1-26-17-6-4-5-16(15-17)20(24)9-10-21(25)22-18-7-2-3-8-19(18)23-11-13-27-14-12-23/h2-8,15H,9-14H2,1H3,(H,22,25). The largest absolute Gasteiger partial charge is 0.497 e. The van der Waals surface area contributed by atoms with Crippen LogP contribution in [0.25, 0.3) is 0 Å². The molecule has 1 heterocycles. The summed E-state index contributed by atoms with van der Waals surface area (Å²) in [5, 5.41) is 2.94. The van der Waals surface area contributed by atoms with Crippen molar-refractivity contribution in [2.45, 2.75) is 12.8 Å². The highest BCUT2D eigenvalue weighted by Crippen LogP contribution is 2.26. The molecule has 27 heavy (non-hydrogen) atoms. The van der Waals surface area contributed by atoms with E-state index in [-0.39, 0.29) is 24.5 Å². The van der Waals surface area contributed by atoms with E-state index in [1.807, 2.05) is 24.3 Å². The van der Waals surface area contributed by atoms with E-state index in [2.05, 4.69) is 10.2 Å². The van der Waals surface area contributed by atoms with E-state index in [0.717, 1.165) is 24.5 Å². The first-order valence-corrected chi connectivity index (χ1v) is 9.06. The number of rotatable bonds is 7. The average Bonchev–Trinajstić information content (AvgIpc) is 2.73. The molecule has 2 aromatic rings. The van der Waals surface area contributed by atoms with Crippen LogP contribution in [0.5, 0.6) is 5.75 Å². The number of morpholine rings is 1. The molecule has 0 spiro atoms. The van der Waals surface area contributed by atoms with Crippen molar-refractivity contribution in [3.8, 4) is 5.75 Å². The Morgan fingerprint density at radius 2 is 1.85 bits per heavy atom. The number of hydrogen-bond donors (Lipinski definition) is 1. The number of benzene rings is 2. The summed E-state index contributed by atoms with van der Waals surface area (Å²) in [4.78, 5) is 26.9. The number of amides is 1. The predicted molar refractivity (Wildman–Crippen MR) is 105 cm³/mol. The molecule has 0 radical (unpaired) electrons. The maximum atomic E-state index is 12.4. The van der Waals surface area contributed by atoms with Crippen molar-refractivity contribution in [2.24, 2.45) is 0 Å².